The predicted molar refractivity (Wildman–Crippen MR) is 59.3 cm³/mol. The Bertz CT molecular complexity index is 337. The Balaban J connectivity index is 2.87. The van der Waals surface area contributed by atoms with Crippen molar-refractivity contribution < 1.29 is 5.11 Å². The molecule has 66 valence electrons. The normalized spacial score (nSPS) is 12.7. The summed E-state index contributed by atoms with van der Waals surface area (Å²) in [5, 5.41) is 18.1. The van der Waals surface area contributed by atoms with Gasteiger partial charge in [-0.15, -0.1) is 0 Å². The van der Waals surface area contributed by atoms with Crippen molar-refractivity contribution in [3.8, 4) is 6.07 Å². The summed E-state index contributed by atoms with van der Waals surface area (Å²) in [4.78, 5) is 0. The summed E-state index contributed by atoms with van der Waals surface area (Å²) in [6.07, 6.45) is 1.10. The second kappa shape index (κ2) is 5.00. The van der Waals surface area contributed by atoms with E-state index in [-0.39, 0.29) is 0 Å². The fraction of sp³-hybridized carbons (Fsp3) is 0.100. The number of benzene rings is 1. The molecule has 0 spiro atoms. The molecule has 0 bridgehead atoms. The van der Waals surface area contributed by atoms with Gasteiger partial charge in [0.25, 0.3) is 0 Å². The lowest BCUT2D eigenvalue weighted by Gasteiger charge is -2.04. The molecule has 1 aromatic carbocycles. The zero-order valence-corrected chi connectivity index (χ0v) is 8.97. The van der Waals surface area contributed by atoms with Gasteiger partial charge < -0.3 is 5.11 Å². The average Bonchev–Trinajstić information content (AvgIpc) is 2.18. The Kier molecular flexibility index (Phi) is 3.93. The molecule has 0 saturated carbocycles. The van der Waals surface area contributed by atoms with Crippen LogP contribution in [0, 0.1) is 11.3 Å². The van der Waals surface area contributed by atoms with E-state index in [1.165, 1.54) is 0 Å². The molecule has 0 saturated heterocycles. The second-order valence-electron chi connectivity index (χ2n) is 2.50. The first kappa shape index (κ1) is 10.2. The van der Waals surface area contributed by atoms with Gasteiger partial charge in [-0.2, -0.15) is 5.26 Å². The first-order valence-electron chi connectivity index (χ1n) is 3.73. The summed E-state index contributed by atoms with van der Waals surface area (Å²) < 4.78 is 1.76. The average molecular weight is 285 g/mol. The van der Waals surface area contributed by atoms with E-state index in [4.69, 9.17) is 5.26 Å². The molecule has 0 aliphatic carbocycles. The maximum atomic E-state index is 9.51. The van der Waals surface area contributed by atoms with Gasteiger partial charge in [-0.05, 0) is 27.9 Å². The third-order valence-electron chi connectivity index (χ3n) is 1.64. The van der Waals surface area contributed by atoms with Gasteiger partial charge in [-0.25, -0.2) is 0 Å². The number of rotatable bonds is 2. The quantitative estimate of drug-likeness (QED) is 0.849. The molecule has 3 heteroatoms. The molecule has 13 heavy (non-hydrogen) atoms. The van der Waals surface area contributed by atoms with Crippen molar-refractivity contribution in [3.05, 3.63) is 45.6 Å². The van der Waals surface area contributed by atoms with Gasteiger partial charge in [0.2, 0.25) is 0 Å². The summed E-state index contributed by atoms with van der Waals surface area (Å²) in [7, 11) is 0. The van der Waals surface area contributed by atoms with E-state index in [1.54, 1.807) is 34.4 Å². The van der Waals surface area contributed by atoms with Crippen molar-refractivity contribution in [2.24, 2.45) is 0 Å². The summed E-state index contributed by atoms with van der Waals surface area (Å²) in [5.74, 6) is 0. The van der Waals surface area contributed by atoms with Crippen LogP contribution in [-0.4, -0.2) is 5.11 Å². The predicted octanol–water partition coefficient (Wildman–Crippen LogP) is 2.54. The van der Waals surface area contributed by atoms with E-state index in [0.29, 0.717) is 5.56 Å². The molecule has 1 unspecified atom stereocenters. The SMILES string of the molecule is N#Cc1ccc(C(O)/C=C\I)cc1. The van der Waals surface area contributed by atoms with Crippen molar-refractivity contribution in [1.82, 2.24) is 0 Å². The zero-order chi connectivity index (χ0) is 9.68. The Morgan fingerprint density at radius 2 is 2.00 bits per heavy atom. The monoisotopic (exact) mass is 285 g/mol. The van der Waals surface area contributed by atoms with E-state index in [0.717, 1.165) is 5.56 Å². The van der Waals surface area contributed by atoms with Crippen LogP contribution >= 0.6 is 22.6 Å². The van der Waals surface area contributed by atoms with Crippen LogP contribution in [0.5, 0.6) is 0 Å². The molecule has 1 atom stereocenters. The number of aliphatic hydroxyl groups is 1. The number of aliphatic hydroxyl groups excluding tert-OH is 1. The summed E-state index contributed by atoms with van der Waals surface area (Å²) in [6, 6.07) is 8.91. The maximum Gasteiger partial charge on any atom is 0.0991 e. The summed E-state index contributed by atoms with van der Waals surface area (Å²) in [6.45, 7) is 0. The Hall–Kier alpha value is -0.860. The van der Waals surface area contributed by atoms with Gasteiger partial charge in [0.15, 0.2) is 0 Å². The topological polar surface area (TPSA) is 44.0 Å². The lowest BCUT2D eigenvalue weighted by Crippen LogP contribution is -1.91. The van der Waals surface area contributed by atoms with E-state index >= 15 is 0 Å². The van der Waals surface area contributed by atoms with Gasteiger partial charge in [0.05, 0.1) is 17.7 Å². The summed E-state index contributed by atoms with van der Waals surface area (Å²) in [5.41, 5.74) is 1.40. The van der Waals surface area contributed by atoms with Crippen molar-refractivity contribution >= 4 is 22.6 Å². The van der Waals surface area contributed by atoms with Crippen LogP contribution in [0.3, 0.4) is 0 Å². The van der Waals surface area contributed by atoms with Crippen LogP contribution in [0.1, 0.15) is 17.2 Å². The highest BCUT2D eigenvalue weighted by Crippen LogP contribution is 2.15. The maximum absolute atomic E-state index is 9.51. The Morgan fingerprint density at radius 1 is 1.38 bits per heavy atom. The largest absolute Gasteiger partial charge is 0.384 e. The molecule has 1 N–H and O–H groups in total. The van der Waals surface area contributed by atoms with Gasteiger partial charge in [0, 0.05) is 0 Å². The number of hydrogen-bond acceptors (Lipinski definition) is 2. The lowest BCUT2D eigenvalue weighted by molar-refractivity contribution is 0.229. The number of nitrogens with zero attached hydrogens (tertiary/aromatic N) is 1. The molecule has 0 aliphatic heterocycles. The van der Waals surface area contributed by atoms with Crippen molar-refractivity contribution in [1.29, 1.82) is 5.26 Å². The minimum absolute atomic E-state index is 0.579. The molecule has 0 radical (unpaired) electrons. The first-order valence-corrected chi connectivity index (χ1v) is 4.97. The van der Waals surface area contributed by atoms with Crippen LogP contribution in [0.25, 0.3) is 0 Å². The lowest BCUT2D eigenvalue weighted by atomic mass is 10.1. The highest BCUT2D eigenvalue weighted by atomic mass is 127. The summed E-state index contributed by atoms with van der Waals surface area (Å²) >= 11 is 2.05. The fourth-order valence-electron chi connectivity index (χ4n) is 0.935. The van der Waals surface area contributed by atoms with Crippen molar-refractivity contribution in [2.45, 2.75) is 6.10 Å². The zero-order valence-electron chi connectivity index (χ0n) is 6.81. The van der Waals surface area contributed by atoms with Gasteiger partial charge >= 0.3 is 0 Å². The van der Waals surface area contributed by atoms with Crippen LogP contribution in [-0.2, 0) is 0 Å². The highest BCUT2D eigenvalue weighted by molar-refractivity contribution is 14.1. The van der Waals surface area contributed by atoms with E-state index in [1.807, 2.05) is 6.07 Å². The molecule has 2 nitrogen and oxygen atoms in total. The molecule has 0 aromatic heterocycles. The smallest absolute Gasteiger partial charge is 0.0991 e. The molecule has 0 aliphatic rings. The van der Waals surface area contributed by atoms with Gasteiger partial charge in [0.1, 0.15) is 0 Å². The van der Waals surface area contributed by atoms with Gasteiger partial charge in [-0.3, -0.25) is 0 Å². The Labute approximate surface area is 90.7 Å². The Morgan fingerprint density at radius 3 is 2.46 bits per heavy atom. The molecular weight excluding hydrogens is 277 g/mol. The van der Waals surface area contributed by atoms with Crippen LogP contribution in [0.15, 0.2) is 34.4 Å². The highest BCUT2D eigenvalue weighted by Gasteiger charge is 2.01. The van der Waals surface area contributed by atoms with Crippen LogP contribution in [0.2, 0.25) is 0 Å². The van der Waals surface area contributed by atoms with E-state index in [2.05, 4.69) is 22.6 Å². The van der Waals surface area contributed by atoms with Crippen LogP contribution < -0.4 is 0 Å². The fourth-order valence-corrected chi connectivity index (χ4v) is 1.33. The number of nitriles is 1. The number of halogens is 1. The van der Waals surface area contributed by atoms with Crippen molar-refractivity contribution in [2.75, 3.05) is 0 Å². The molecular formula is C10H8INO. The standard InChI is InChI=1S/C10H8INO/c11-6-5-10(13)9-3-1-8(7-12)2-4-9/h1-6,10,13H/b6-5-. The van der Waals surface area contributed by atoms with Crippen LogP contribution in [0.4, 0.5) is 0 Å². The molecule has 1 aromatic rings. The number of hydrogen-bond donors (Lipinski definition) is 1. The van der Waals surface area contributed by atoms with E-state index < -0.39 is 6.10 Å². The molecule has 1 rings (SSSR count). The van der Waals surface area contributed by atoms with E-state index in [9.17, 15) is 5.11 Å². The molecule has 0 heterocycles. The third kappa shape index (κ3) is 2.83. The minimum Gasteiger partial charge on any atom is -0.384 e. The molecule has 0 fully saturated rings. The second-order valence-corrected chi connectivity index (χ2v) is 3.22. The van der Waals surface area contributed by atoms with Crippen molar-refractivity contribution in [3.63, 3.8) is 0 Å². The molecule has 0 amide bonds. The first-order chi connectivity index (χ1) is 6.27. The van der Waals surface area contributed by atoms with Gasteiger partial charge in [-0.1, -0.05) is 34.7 Å². The minimum atomic E-state index is -0.579. The third-order valence-corrected chi connectivity index (χ3v) is 2.05.